The van der Waals surface area contributed by atoms with Gasteiger partial charge in [-0.05, 0) is 60.0 Å². The summed E-state index contributed by atoms with van der Waals surface area (Å²) in [6, 6.07) is 19.9. The average molecular weight is 530 g/mol. The zero-order valence-electron chi connectivity index (χ0n) is 20.9. The molecule has 2 heterocycles. The van der Waals surface area contributed by atoms with E-state index in [9.17, 15) is 9.59 Å². The van der Waals surface area contributed by atoms with Gasteiger partial charge >= 0.3 is 0 Å². The number of ketones is 1. The highest BCUT2D eigenvalue weighted by Gasteiger charge is 2.56. The van der Waals surface area contributed by atoms with Crippen LogP contribution >= 0.6 is 11.8 Å². The van der Waals surface area contributed by atoms with Crippen LogP contribution in [0, 0.1) is 0 Å². The summed E-state index contributed by atoms with van der Waals surface area (Å²) < 4.78 is 5.90. The Balaban J connectivity index is 1.29. The number of ether oxygens (including phenoxy) is 1. The first-order valence-corrected chi connectivity index (χ1v) is 13.7. The molecule has 3 aromatic carbocycles. The lowest BCUT2D eigenvalue weighted by atomic mass is 9.66. The van der Waals surface area contributed by atoms with Crippen LogP contribution in [0.5, 0.6) is 11.5 Å². The number of rotatable bonds is 6. The fourth-order valence-electron chi connectivity index (χ4n) is 5.86. The first-order chi connectivity index (χ1) is 18.3. The molecule has 1 aliphatic carbocycles. The molecule has 2 aliphatic heterocycles. The fraction of sp³-hybridized carbons (Fsp3) is 0.310. The van der Waals surface area contributed by atoms with Gasteiger partial charge in [0.1, 0.15) is 17.0 Å². The SMILES string of the molecule is Nc1ccc2c3c1SC(C(=O)NC1CCNC1)C3C(N)C(=O)C2(N)Cc1ccc(Oc2ccccc2)cc1. The van der Waals surface area contributed by atoms with Gasteiger partial charge in [0.05, 0.1) is 11.3 Å². The number of Topliss-reactive ketones (excluding diaryl/α,β-unsaturated/α-hetero) is 1. The van der Waals surface area contributed by atoms with E-state index in [2.05, 4.69) is 10.6 Å². The van der Waals surface area contributed by atoms with Gasteiger partial charge in [-0.15, -0.1) is 11.8 Å². The van der Waals surface area contributed by atoms with Crippen LogP contribution in [0.4, 0.5) is 5.69 Å². The third-order valence-electron chi connectivity index (χ3n) is 7.79. The molecule has 5 unspecified atom stereocenters. The van der Waals surface area contributed by atoms with E-state index < -0.39 is 22.7 Å². The van der Waals surface area contributed by atoms with Crippen molar-refractivity contribution in [1.29, 1.82) is 0 Å². The van der Waals surface area contributed by atoms with Crippen molar-refractivity contribution in [3.05, 3.63) is 83.4 Å². The van der Waals surface area contributed by atoms with Crippen LogP contribution in [0.15, 0.2) is 71.6 Å². The standard InChI is InChI=1S/C29H31N5O3S/c30-21-11-10-20-22-23(26(38-25(21)22)28(36)34-17-12-13-33-15-17)24(31)27(35)29(20,32)14-16-6-8-19(9-7-16)37-18-4-2-1-3-5-18/h1-11,17,23-24,26,33H,12-15,30-32H2,(H,34,36). The number of para-hydroxylation sites is 1. The van der Waals surface area contributed by atoms with Crippen LogP contribution in [0.3, 0.4) is 0 Å². The molecule has 0 spiro atoms. The maximum Gasteiger partial charge on any atom is 0.234 e. The van der Waals surface area contributed by atoms with Gasteiger partial charge in [0, 0.05) is 35.5 Å². The van der Waals surface area contributed by atoms with Gasteiger partial charge in [-0.25, -0.2) is 0 Å². The molecule has 0 bridgehead atoms. The fourth-order valence-corrected chi connectivity index (χ4v) is 7.32. The summed E-state index contributed by atoms with van der Waals surface area (Å²) in [5.74, 6) is 0.575. The normalized spacial score (nSPS) is 27.7. The Labute approximate surface area is 225 Å². The van der Waals surface area contributed by atoms with Crippen molar-refractivity contribution in [1.82, 2.24) is 10.6 Å². The highest BCUT2D eigenvalue weighted by atomic mass is 32.2. The zero-order valence-corrected chi connectivity index (χ0v) is 21.7. The van der Waals surface area contributed by atoms with Gasteiger partial charge in [-0.2, -0.15) is 0 Å². The number of nitrogens with one attached hydrogen (secondary N) is 2. The lowest BCUT2D eigenvalue weighted by molar-refractivity contribution is -0.127. The minimum absolute atomic E-state index is 0.0709. The second-order valence-electron chi connectivity index (χ2n) is 10.3. The molecule has 8 N–H and O–H groups in total. The molecule has 3 aromatic rings. The number of nitrogens with two attached hydrogens (primary N) is 3. The average Bonchev–Trinajstić information content (AvgIpc) is 3.58. The van der Waals surface area contributed by atoms with Crippen LogP contribution in [-0.2, 0) is 21.5 Å². The summed E-state index contributed by atoms with van der Waals surface area (Å²) in [6.45, 7) is 1.61. The van der Waals surface area contributed by atoms with Crippen LogP contribution in [0.25, 0.3) is 0 Å². The molecular weight excluding hydrogens is 498 g/mol. The molecule has 3 aliphatic rings. The van der Waals surface area contributed by atoms with Crippen molar-refractivity contribution in [3.8, 4) is 11.5 Å². The van der Waals surface area contributed by atoms with E-state index in [-0.39, 0.29) is 24.2 Å². The number of nitrogen functional groups attached to an aromatic ring is 1. The third-order valence-corrected chi connectivity index (χ3v) is 9.24. The van der Waals surface area contributed by atoms with Gasteiger partial charge in [0.25, 0.3) is 0 Å². The number of benzene rings is 3. The van der Waals surface area contributed by atoms with Gasteiger partial charge < -0.3 is 32.6 Å². The molecule has 1 amide bonds. The monoisotopic (exact) mass is 529 g/mol. The Morgan fingerprint density at radius 2 is 1.82 bits per heavy atom. The Bertz CT molecular complexity index is 1380. The Kier molecular flexibility index (Phi) is 6.39. The quantitative estimate of drug-likeness (QED) is 0.306. The Morgan fingerprint density at radius 3 is 2.53 bits per heavy atom. The first kappa shape index (κ1) is 24.9. The Hall–Kier alpha value is -3.37. The molecule has 0 radical (unpaired) electrons. The molecule has 1 saturated heterocycles. The predicted molar refractivity (Wildman–Crippen MR) is 148 cm³/mol. The van der Waals surface area contributed by atoms with Crippen molar-refractivity contribution < 1.29 is 14.3 Å². The number of carbonyl (C=O) groups excluding carboxylic acids is 2. The van der Waals surface area contributed by atoms with Gasteiger partial charge in [-0.1, -0.05) is 36.4 Å². The summed E-state index contributed by atoms with van der Waals surface area (Å²) in [5, 5.41) is 5.85. The van der Waals surface area contributed by atoms with Crippen molar-refractivity contribution in [3.63, 3.8) is 0 Å². The number of carbonyl (C=O) groups is 2. The molecule has 196 valence electrons. The molecule has 8 nitrogen and oxygen atoms in total. The number of hydrogen-bond acceptors (Lipinski definition) is 8. The van der Waals surface area contributed by atoms with E-state index in [0.29, 0.717) is 17.0 Å². The lowest BCUT2D eigenvalue weighted by Gasteiger charge is -2.41. The van der Waals surface area contributed by atoms with Crippen molar-refractivity contribution in [2.75, 3.05) is 18.8 Å². The molecule has 38 heavy (non-hydrogen) atoms. The van der Waals surface area contributed by atoms with E-state index in [0.717, 1.165) is 41.3 Å². The maximum absolute atomic E-state index is 13.9. The zero-order chi connectivity index (χ0) is 26.4. The van der Waals surface area contributed by atoms with Gasteiger partial charge in [0.15, 0.2) is 5.78 Å². The van der Waals surface area contributed by atoms with Crippen LogP contribution in [-0.4, -0.2) is 42.1 Å². The van der Waals surface area contributed by atoms with Crippen LogP contribution in [0.2, 0.25) is 0 Å². The second kappa shape index (κ2) is 9.74. The highest BCUT2D eigenvalue weighted by molar-refractivity contribution is 8.01. The molecule has 6 rings (SSSR count). The Morgan fingerprint density at radius 1 is 1.08 bits per heavy atom. The summed E-state index contributed by atoms with van der Waals surface area (Å²) in [5.41, 5.74) is 21.6. The predicted octanol–water partition coefficient (Wildman–Crippen LogP) is 2.40. The number of hydrogen-bond donors (Lipinski definition) is 5. The van der Waals surface area contributed by atoms with E-state index in [1.807, 2.05) is 60.7 Å². The van der Waals surface area contributed by atoms with Crippen molar-refractivity contribution in [2.45, 2.75) is 46.5 Å². The molecule has 9 heteroatoms. The van der Waals surface area contributed by atoms with Gasteiger partial charge in [0.2, 0.25) is 5.91 Å². The minimum atomic E-state index is -1.34. The van der Waals surface area contributed by atoms with Crippen LogP contribution in [0.1, 0.15) is 29.0 Å². The first-order valence-electron chi connectivity index (χ1n) is 12.9. The summed E-state index contributed by atoms with van der Waals surface area (Å²) in [7, 11) is 0. The van der Waals surface area contributed by atoms with E-state index in [1.54, 1.807) is 6.07 Å². The van der Waals surface area contributed by atoms with Crippen molar-refractivity contribution >= 4 is 29.1 Å². The molecule has 1 fully saturated rings. The van der Waals surface area contributed by atoms with E-state index in [1.165, 1.54) is 11.8 Å². The summed E-state index contributed by atoms with van der Waals surface area (Å²) in [6.07, 6.45) is 1.14. The molecule has 0 aromatic heterocycles. The summed E-state index contributed by atoms with van der Waals surface area (Å²) in [4.78, 5) is 28.0. The van der Waals surface area contributed by atoms with Gasteiger partial charge in [-0.3, -0.25) is 9.59 Å². The topological polar surface area (TPSA) is 145 Å². The summed E-state index contributed by atoms with van der Waals surface area (Å²) >= 11 is 1.40. The molecule has 5 atom stereocenters. The molecule has 0 saturated carbocycles. The lowest BCUT2D eigenvalue weighted by Crippen LogP contribution is -2.61. The number of thioether (sulfide) groups is 1. The van der Waals surface area contributed by atoms with Crippen LogP contribution < -0.4 is 32.6 Å². The molecular formula is C29H31N5O3S. The smallest absolute Gasteiger partial charge is 0.234 e. The highest BCUT2D eigenvalue weighted by Crippen LogP contribution is 2.55. The minimum Gasteiger partial charge on any atom is -0.457 e. The maximum atomic E-state index is 13.9. The third kappa shape index (κ3) is 4.25. The van der Waals surface area contributed by atoms with Crippen molar-refractivity contribution in [2.24, 2.45) is 11.5 Å². The number of amides is 1. The largest absolute Gasteiger partial charge is 0.457 e. The second-order valence-corrected chi connectivity index (χ2v) is 11.5. The van der Waals surface area contributed by atoms with E-state index >= 15 is 0 Å². The van der Waals surface area contributed by atoms with E-state index in [4.69, 9.17) is 21.9 Å². The number of anilines is 1.